The minimum absolute atomic E-state index is 0.511. The molecule has 0 amide bonds. The molecule has 0 aliphatic carbocycles. The normalized spacial score (nSPS) is 11.5. The summed E-state index contributed by atoms with van der Waals surface area (Å²) >= 11 is 0. The number of hydrazine groups is 1. The van der Waals surface area contributed by atoms with Crippen LogP contribution in [-0.4, -0.2) is 36.2 Å². The van der Waals surface area contributed by atoms with Crippen molar-refractivity contribution in [2.75, 3.05) is 20.3 Å². The van der Waals surface area contributed by atoms with Crippen molar-refractivity contribution < 1.29 is 4.74 Å². The lowest BCUT2D eigenvalue weighted by atomic mass is 10.4. The van der Waals surface area contributed by atoms with E-state index in [1.54, 1.807) is 19.6 Å². The molecule has 0 saturated carbocycles. The minimum Gasteiger partial charge on any atom is -0.385 e. The van der Waals surface area contributed by atoms with E-state index in [1.165, 1.54) is 0 Å². The van der Waals surface area contributed by atoms with E-state index < -0.39 is 0 Å². The molecule has 90 valence electrons. The fourth-order valence-corrected chi connectivity index (χ4v) is 1.11. The predicted molar refractivity (Wildman–Crippen MR) is 61.5 cm³/mol. The van der Waals surface area contributed by atoms with Gasteiger partial charge in [0.2, 0.25) is 5.96 Å². The molecule has 1 rings (SSSR count). The number of methoxy groups -OCH3 is 1. The summed E-state index contributed by atoms with van der Waals surface area (Å²) in [4.78, 5) is 11.1. The molecule has 0 saturated heterocycles. The number of aliphatic imine (C=N–C) groups is 1. The first kappa shape index (κ1) is 12.5. The summed E-state index contributed by atoms with van der Waals surface area (Å²) in [6, 6.07) is 0. The summed E-state index contributed by atoms with van der Waals surface area (Å²) < 4.78 is 4.93. The van der Waals surface area contributed by atoms with Gasteiger partial charge in [-0.25, -0.2) is 15.8 Å². The first-order valence-corrected chi connectivity index (χ1v) is 5.08. The maximum atomic E-state index is 5.33. The molecule has 0 unspecified atom stereocenters. The molecular formula is C9H18N6O. The Balaban J connectivity index is 2.27. The van der Waals surface area contributed by atoms with E-state index in [2.05, 4.69) is 25.7 Å². The van der Waals surface area contributed by atoms with Crippen molar-refractivity contribution in [3.8, 4) is 0 Å². The SMILES string of the molecule is COCCCNC(=NCc1cnc[nH]1)NN. The maximum absolute atomic E-state index is 5.33. The third-order valence-corrected chi connectivity index (χ3v) is 1.92. The Labute approximate surface area is 94.5 Å². The third-order valence-electron chi connectivity index (χ3n) is 1.92. The number of rotatable bonds is 6. The van der Waals surface area contributed by atoms with Gasteiger partial charge in [0.25, 0.3) is 0 Å². The predicted octanol–water partition coefficient (Wildman–Crippen LogP) is -0.645. The number of guanidine groups is 1. The van der Waals surface area contributed by atoms with Crippen LogP contribution in [0.25, 0.3) is 0 Å². The zero-order valence-corrected chi connectivity index (χ0v) is 9.36. The summed E-state index contributed by atoms with van der Waals surface area (Å²) in [7, 11) is 1.68. The third kappa shape index (κ3) is 4.76. The Morgan fingerprint density at radius 2 is 2.56 bits per heavy atom. The number of hydrogen-bond acceptors (Lipinski definition) is 4. The topological polar surface area (TPSA) is 100 Å². The lowest BCUT2D eigenvalue weighted by Gasteiger charge is -2.08. The second-order valence-electron chi connectivity index (χ2n) is 3.16. The number of nitrogens with zero attached hydrogens (tertiary/aromatic N) is 2. The van der Waals surface area contributed by atoms with Crippen LogP contribution in [0.15, 0.2) is 17.5 Å². The van der Waals surface area contributed by atoms with Crippen molar-refractivity contribution >= 4 is 5.96 Å². The maximum Gasteiger partial charge on any atom is 0.206 e. The molecule has 1 heterocycles. The number of imidazole rings is 1. The van der Waals surface area contributed by atoms with Gasteiger partial charge >= 0.3 is 0 Å². The van der Waals surface area contributed by atoms with E-state index in [1.807, 2.05) is 0 Å². The molecule has 1 aromatic rings. The quantitative estimate of drug-likeness (QED) is 0.170. The van der Waals surface area contributed by atoms with E-state index in [9.17, 15) is 0 Å². The molecule has 7 heteroatoms. The summed E-state index contributed by atoms with van der Waals surface area (Å²) in [6.45, 7) is 1.99. The highest BCUT2D eigenvalue weighted by Gasteiger charge is 1.96. The Hall–Kier alpha value is -1.60. The Morgan fingerprint density at radius 3 is 3.19 bits per heavy atom. The van der Waals surface area contributed by atoms with Crippen molar-refractivity contribution in [2.24, 2.45) is 10.8 Å². The van der Waals surface area contributed by atoms with Gasteiger partial charge in [-0.3, -0.25) is 5.43 Å². The number of hydrogen-bond donors (Lipinski definition) is 4. The number of nitrogens with one attached hydrogen (secondary N) is 3. The first-order chi connectivity index (χ1) is 7.86. The molecule has 0 bridgehead atoms. The zero-order chi connectivity index (χ0) is 11.6. The van der Waals surface area contributed by atoms with E-state index in [0.717, 1.165) is 18.7 Å². The van der Waals surface area contributed by atoms with Gasteiger partial charge in [0, 0.05) is 26.5 Å². The van der Waals surface area contributed by atoms with Crippen LogP contribution in [0.4, 0.5) is 0 Å². The fourth-order valence-electron chi connectivity index (χ4n) is 1.11. The summed E-state index contributed by atoms with van der Waals surface area (Å²) in [5.41, 5.74) is 3.44. The monoisotopic (exact) mass is 226 g/mol. The zero-order valence-electron chi connectivity index (χ0n) is 9.36. The largest absolute Gasteiger partial charge is 0.385 e. The fraction of sp³-hybridized carbons (Fsp3) is 0.556. The van der Waals surface area contributed by atoms with Crippen molar-refractivity contribution in [3.05, 3.63) is 18.2 Å². The molecule has 0 aromatic carbocycles. The van der Waals surface area contributed by atoms with Crippen molar-refractivity contribution in [2.45, 2.75) is 13.0 Å². The number of ether oxygens (including phenoxy) is 1. The average molecular weight is 226 g/mol. The average Bonchev–Trinajstić information content (AvgIpc) is 2.81. The van der Waals surface area contributed by atoms with Gasteiger partial charge in [-0.1, -0.05) is 0 Å². The van der Waals surface area contributed by atoms with Gasteiger partial charge in [0.1, 0.15) is 0 Å². The van der Waals surface area contributed by atoms with Crippen LogP contribution in [0.5, 0.6) is 0 Å². The molecular weight excluding hydrogens is 208 g/mol. The minimum atomic E-state index is 0.511. The van der Waals surface area contributed by atoms with Crippen LogP contribution in [0.1, 0.15) is 12.1 Å². The van der Waals surface area contributed by atoms with E-state index in [0.29, 0.717) is 19.1 Å². The van der Waals surface area contributed by atoms with E-state index in [-0.39, 0.29) is 0 Å². The van der Waals surface area contributed by atoms with Gasteiger partial charge < -0.3 is 15.0 Å². The molecule has 1 aromatic heterocycles. The highest BCUT2D eigenvalue weighted by atomic mass is 16.5. The molecule has 0 aliphatic heterocycles. The first-order valence-electron chi connectivity index (χ1n) is 5.08. The molecule has 16 heavy (non-hydrogen) atoms. The van der Waals surface area contributed by atoms with Crippen LogP contribution < -0.4 is 16.6 Å². The van der Waals surface area contributed by atoms with Gasteiger partial charge in [-0.2, -0.15) is 0 Å². The van der Waals surface area contributed by atoms with Gasteiger partial charge in [0.05, 0.1) is 18.6 Å². The lowest BCUT2D eigenvalue weighted by Crippen LogP contribution is -2.42. The Bertz CT molecular complexity index is 297. The second kappa shape index (κ2) is 7.66. The van der Waals surface area contributed by atoms with Crippen molar-refractivity contribution in [3.63, 3.8) is 0 Å². The van der Waals surface area contributed by atoms with Gasteiger partial charge in [-0.05, 0) is 6.42 Å². The van der Waals surface area contributed by atoms with Gasteiger partial charge in [0.15, 0.2) is 0 Å². The van der Waals surface area contributed by atoms with Crippen LogP contribution in [0.2, 0.25) is 0 Å². The standard InChI is InChI=1S/C9H18N6O/c1-16-4-2-3-12-9(15-10)13-6-8-5-11-7-14-8/h5,7H,2-4,6,10H2,1H3,(H,11,14)(H2,12,13,15). The van der Waals surface area contributed by atoms with E-state index in [4.69, 9.17) is 10.6 Å². The smallest absolute Gasteiger partial charge is 0.206 e. The molecule has 0 spiro atoms. The van der Waals surface area contributed by atoms with Gasteiger partial charge in [-0.15, -0.1) is 0 Å². The van der Waals surface area contributed by atoms with Crippen molar-refractivity contribution in [1.82, 2.24) is 20.7 Å². The second-order valence-corrected chi connectivity index (χ2v) is 3.16. The highest BCUT2D eigenvalue weighted by Crippen LogP contribution is 1.92. The lowest BCUT2D eigenvalue weighted by molar-refractivity contribution is 0.195. The summed E-state index contributed by atoms with van der Waals surface area (Å²) in [6.07, 6.45) is 4.25. The Morgan fingerprint density at radius 1 is 1.69 bits per heavy atom. The number of nitrogens with two attached hydrogens (primary N) is 1. The molecule has 0 aliphatic rings. The van der Waals surface area contributed by atoms with Crippen LogP contribution >= 0.6 is 0 Å². The molecule has 7 nitrogen and oxygen atoms in total. The molecule has 0 radical (unpaired) electrons. The number of aromatic amines is 1. The molecule has 0 atom stereocenters. The van der Waals surface area contributed by atoms with E-state index >= 15 is 0 Å². The van der Waals surface area contributed by atoms with Crippen LogP contribution in [0.3, 0.4) is 0 Å². The number of aromatic nitrogens is 2. The molecule has 0 fully saturated rings. The van der Waals surface area contributed by atoms with Crippen molar-refractivity contribution in [1.29, 1.82) is 0 Å². The summed E-state index contributed by atoms with van der Waals surface area (Å²) in [5.74, 6) is 5.89. The number of H-pyrrole nitrogens is 1. The van der Waals surface area contributed by atoms with Crippen LogP contribution in [-0.2, 0) is 11.3 Å². The highest BCUT2D eigenvalue weighted by molar-refractivity contribution is 5.79. The summed E-state index contributed by atoms with van der Waals surface area (Å²) in [5, 5.41) is 3.07. The Kier molecular flexibility index (Phi) is 5.97. The van der Waals surface area contributed by atoms with Crippen LogP contribution in [0, 0.1) is 0 Å². The molecule has 5 N–H and O–H groups in total.